The first-order valence-corrected chi connectivity index (χ1v) is 6.85. The molecule has 1 N–H and O–H groups in total. The number of aliphatic carboxylic acids is 1. The van der Waals surface area contributed by atoms with Crippen molar-refractivity contribution >= 4 is 17.6 Å². The largest absolute Gasteiger partial charge is 0.481 e. The maximum atomic E-state index is 10.5. The van der Waals surface area contributed by atoms with E-state index in [1.807, 2.05) is 24.3 Å². The molecule has 104 valence electrons. The van der Waals surface area contributed by atoms with E-state index < -0.39 is 5.97 Å². The Kier molecular flexibility index (Phi) is 5.19. The summed E-state index contributed by atoms with van der Waals surface area (Å²) in [7, 11) is 0. The highest BCUT2D eigenvalue weighted by atomic mass is 35.5. The summed E-state index contributed by atoms with van der Waals surface area (Å²) in [6.07, 6.45) is 0.867. The minimum absolute atomic E-state index is 0.0210. The van der Waals surface area contributed by atoms with Crippen molar-refractivity contribution in [3.63, 3.8) is 0 Å². The summed E-state index contributed by atoms with van der Waals surface area (Å²) >= 11 is 6.17. The van der Waals surface area contributed by atoms with Crippen LogP contribution in [0.15, 0.2) is 24.3 Å². The number of morpholine rings is 1. The van der Waals surface area contributed by atoms with E-state index >= 15 is 0 Å². The number of ether oxygens (including phenoxy) is 1. The zero-order chi connectivity index (χ0) is 13.7. The van der Waals surface area contributed by atoms with Gasteiger partial charge >= 0.3 is 5.97 Å². The van der Waals surface area contributed by atoms with Gasteiger partial charge < -0.3 is 9.84 Å². The second-order valence-corrected chi connectivity index (χ2v) is 5.09. The maximum Gasteiger partial charge on any atom is 0.303 e. The van der Waals surface area contributed by atoms with Gasteiger partial charge in [-0.15, -0.1) is 0 Å². The van der Waals surface area contributed by atoms with Crippen molar-refractivity contribution in [2.45, 2.75) is 18.9 Å². The van der Waals surface area contributed by atoms with E-state index in [2.05, 4.69) is 4.90 Å². The van der Waals surface area contributed by atoms with E-state index in [4.69, 9.17) is 21.4 Å². The van der Waals surface area contributed by atoms with Gasteiger partial charge in [0.2, 0.25) is 0 Å². The predicted octanol–water partition coefficient (Wildman–Crippen LogP) is 2.58. The van der Waals surface area contributed by atoms with Gasteiger partial charge in [-0.2, -0.15) is 0 Å². The van der Waals surface area contributed by atoms with Gasteiger partial charge in [0, 0.05) is 30.1 Å². The molecule has 0 spiro atoms. The fraction of sp³-hybridized carbons (Fsp3) is 0.500. The predicted molar refractivity (Wildman–Crippen MR) is 73.5 cm³/mol. The fourth-order valence-electron chi connectivity index (χ4n) is 2.28. The monoisotopic (exact) mass is 283 g/mol. The van der Waals surface area contributed by atoms with Gasteiger partial charge in [0.25, 0.3) is 0 Å². The number of halogens is 1. The van der Waals surface area contributed by atoms with E-state index in [1.165, 1.54) is 0 Å². The van der Waals surface area contributed by atoms with Crippen LogP contribution < -0.4 is 0 Å². The van der Waals surface area contributed by atoms with Crippen molar-refractivity contribution in [3.05, 3.63) is 34.9 Å². The molecule has 0 aliphatic carbocycles. The van der Waals surface area contributed by atoms with Gasteiger partial charge in [0.05, 0.1) is 12.7 Å². The fourth-order valence-corrected chi connectivity index (χ4v) is 2.54. The first kappa shape index (κ1) is 14.3. The highest BCUT2D eigenvalue weighted by molar-refractivity contribution is 6.31. The normalized spacial score (nSPS) is 20.4. The lowest BCUT2D eigenvalue weighted by Crippen LogP contribution is -2.39. The van der Waals surface area contributed by atoms with Crippen LogP contribution in [-0.2, 0) is 9.53 Å². The molecule has 0 radical (unpaired) electrons. The van der Waals surface area contributed by atoms with E-state index in [0.717, 1.165) is 30.2 Å². The number of hydrogen-bond acceptors (Lipinski definition) is 3. The second kappa shape index (κ2) is 6.89. The van der Waals surface area contributed by atoms with Crippen molar-refractivity contribution in [1.29, 1.82) is 0 Å². The van der Waals surface area contributed by atoms with Crippen molar-refractivity contribution in [2.24, 2.45) is 0 Å². The lowest BCUT2D eigenvalue weighted by Gasteiger charge is -2.33. The van der Waals surface area contributed by atoms with Crippen LogP contribution in [0.2, 0.25) is 5.02 Å². The van der Waals surface area contributed by atoms with Gasteiger partial charge in [0.1, 0.15) is 0 Å². The average molecular weight is 284 g/mol. The zero-order valence-corrected chi connectivity index (χ0v) is 11.5. The smallest absolute Gasteiger partial charge is 0.303 e. The highest BCUT2D eigenvalue weighted by Crippen LogP contribution is 2.28. The summed E-state index contributed by atoms with van der Waals surface area (Å²) in [4.78, 5) is 12.7. The van der Waals surface area contributed by atoms with Crippen LogP contribution in [0.1, 0.15) is 24.5 Å². The van der Waals surface area contributed by atoms with Crippen molar-refractivity contribution in [2.75, 3.05) is 26.2 Å². The van der Waals surface area contributed by atoms with Gasteiger partial charge in [0.15, 0.2) is 0 Å². The first-order chi connectivity index (χ1) is 9.16. The number of carboxylic acids is 1. The SMILES string of the molecule is O=C(O)CCCN1CCO[C@H](c2ccccc2Cl)C1. The lowest BCUT2D eigenvalue weighted by atomic mass is 10.1. The standard InChI is InChI=1S/C14H18ClNO3/c15-12-5-2-1-4-11(12)13-10-16(8-9-19-13)7-3-6-14(17)18/h1-2,4-5,13H,3,6-10H2,(H,17,18)/t13-/m0/s1. The van der Waals surface area contributed by atoms with Gasteiger partial charge in [-0.25, -0.2) is 0 Å². The van der Waals surface area contributed by atoms with Crippen LogP contribution in [0, 0.1) is 0 Å². The number of nitrogens with zero attached hydrogens (tertiary/aromatic N) is 1. The Bertz CT molecular complexity index is 438. The quantitative estimate of drug-likeness (QED) is 0.902. The summed E-state index contributed by atoms with van der Waals surface area (Å²) in [5.41, 5.74) is 1.01. The summed E-state index contributed by atoms with van der Waals surface area (Å²) in [6, 6.07) is 7.70. The molecule has 5 heteroatoms. The van der Waals surface area contributed by atoms with Crippen LogP contribution in [-0.4, -0.2) is 42.2 Å². The molecule has 0 saturated carbocycles. The number of rotatable bonds is 5. The second-order valence-electron chi connectivity index (χ2n) is 4.68. The number of hydrogen-bond donors (Lipinski definition) is 1. The maximum absolute atomic E-state index is 10.5. The number of benzene rings is 1. The van der Waals surface area contributed by atoms with Crippen molar-refractivity contribution < 1.29 is 14.6 Å². The molecule has 1 aromatic rings. The molecule has 0 bridgehead atoms. The first-order valence-electron chi connectivity index (χ1n) is 6.47. The summed E-state index contributed by atoms with van der Waals surface area (Å²) in [5, 5.41) is 9.37. The molecule has 0 unspecified atom stereocenters. The Morgan fingerprint density at radius 1 is 1.47 bits per heavy atom. The van der Waals surface area contributed by atoms with Gasteiger partial charge in [-0.3, -0.25) is 9.69 Å². The topological polar surface area (TPSA) is 49.8 Å². The minimum atomic E-state index is -0.740. The molecule has 1 heterocycles. The third kappa shape index (κ3) is 4.20. The molecule has 1 saturated heterocycles. The summed E-state index contributed by atoms with van der Waals surface area (Å²) in [5.74, 6) is -0.740. The van der Waals surface area contributed by atoms with Crippen molar-refractivity contribution in [3.8, 4) is 0 Å². The summed E-state index contributed by atoms with van der Waals surface area (Å²) in [6.45, 7) is 3.06. The molecule has 19 heavy (non-hydrogen) atoms. The molecule has 0 aromatic heterocycles. The molecule has 4 nitrogen and oxygen atoms in total. The third-order valence-corrected chi connectivity index (χ3v) is 3.61. The Morgan fingerprint density at radius 3 is 3.00 bits per heavy atom. The zero-order valence-electron chi connectivity index (χ0n) is 10.7. The molecule has 0 amide bonds. The van der Waals surface area contributed by atoms with Gasteiger partial charge in [-0.05, 0) is 19.0 Å². The van der Waals surface area contributed by atoms with Crippen molar-refractivity contribution in [1.82, 2.24) is 4.90 Å². The van der Waals surface area contributed by atoms with Crippen LogP contribution in [0.25, 0.3) is 0 Å². The van der Waals surface area contributed by atoms with E-state index in [9.17, 15) is 4.79 Å². The van der Waals surface area contributed by atoms with E-state index in [0.29, 0.717) is 13.0 Å². The lowest BCUT2D eigenvalue weighted by molar-refractivity contribution is -0.137. The minimum Gasteiger partial charge on any atom is -0.481 e. The Hall–Kier alpha value is -1.10. The molecular formula is C14H18ClNO3. The molecule has 2 rings (SSSR count). The number of carbonyl (C=O) groups is 1. The highest BCUT2D eigenvalue weighted by Gasteiger charge is 2.23. The average Bonchev–Trinajstić information content (AvgIpc) is 2.39. The van der Waals surface area contributed by atoms with Crippen LogP contribution in [0.5, 0.6) is 0 Å². The molecule has 1 aliphatic heterocycles. The third-order valence-electron chi connectivity index (χ3n) is 3.27. The molecule has 1 aromatic carbocycles. The summed E-state index contributed by atoms with van der Waals surface area (Å²) < 4.78 is 5.76. The van der Waals surface area contributed by atoms with Crippen LogP contribution in [0.3, 0.4) is 0 Å². The Labute approximate surface area is 117 Å². The van der Waals surface area contributed by atoms with Crippen LogP contribution >= 0.6 is 11.6 Å². The molecule has 1 fully saturated rings. The number of carboxylic acid groups (broad SMARTS) is 1. The van der Waals surface area contributed by atoms with E-state index in [1.54, 1.807) is 0 Å². The molecule has 1 atom stereocenters. The van der Waals surface area contributed by atoms with Gasteiger partial charge in [-0.1, -0.05) is 29.8 Å². The van der Waals surface area contributed by atoms with E-state index in [-0.39, 0.29) is 12.5 Å². The Balaban J connectivity index is 1.90. The van der Waals surface area contributed by atoms with Crippen LogP contribution in [0.4, 0.5) is 0 Å². The molecule has 1 aliphatic rings. The Morgan fingerprint density at radius 2 is 2.26 bits per heavy atom. The molecular weight excluding hydrogens is 266 g/mol.